The molecule has 0 atom stereocenters. The van der Waals surface area contributed by atoms with E-state index < -0.39 is 11.5 Å². The van der Waals surface area contributed by atoms with Crippen molar-refractivity contribution in [2.45, 2.75) is 26.3 Å². The van der Waals surface area contributed by atoms with E-state index in [1.54, 1.807) is 23.1 Å². The molecule has 0 heterocycles. The van der Waals surface area contributed by atoms with Gasteiger partial charge in [0.25, 0.3) is 0 Å². The summed E-state index contributed by atoms with van der Waals surface area (Å²) >= 11 is 0. The molecule has 18 heavy (non-hydrogen) atoms. The quantitative estimate of drug-likeness (QED) is 0.795. The van der Waals surface area contributed by atoms with Crippen LogP contribution < -0.4 is 10.6 Å². The molecule has 0 spiro atoms. The maximum Gasteiger partial charge on any atom is 0.323 e. The molecular weight excluding hydrogens is 230 g/mol. The van der Waals surface area contributed by atoms with Crippen molar-refractivity contribution >= 4 is 17.3 Å². The van der Waals surface area contributed by atoms with Gasteiger partial charge in [-0.25, -0.2) is 0 Å². The van der Waals surface area contributed by atoms with E-state index >= 15 is 0 Å². The maximum atomic E-state index is 10.9. The Morgan fingerprint density at radius 2 is 2.11 bits per heavy atom. The number of anilines is 2. The first-order chi connectivity index (χ1) is 8.25. The smallest absolute Gasteiger partial charge is 0.323 e. The lowest BCUT2D eigenvalue weighted by atomic mass is 10.0. The molecule has 0 aliphatic carbocycles. The number of rotatable bonds is 3. The van der Waals surface area contributed by atoms with Gasteiger partial charge in [0.05, 0.1) is 23.0 Å². The summed E-state index contributed by atoms with van der Waals surface area (Å²) in [5, 5.41) is 17.9. The van der Waals surface area contributed by atoms with Crippen LogP contribution in [0.3, 0.4) is 0 Å². The number of carboxylic acid groups (broad SMARTS) is 1. The van der Waals surface area contributed by atoms with Gasteiger partial charge in [0, 0.05) is 5.54 Å². The zero-order chi connectivity index (χ0) is 13.9. The van der Waals surface area contributed by atoms with E-state index in [2.05, 4.69) is 0 Å². The van der Waals surface area contributed by atoms with Crippen molar-refractivity contribution in [2.75, 3.05) is 17.2 Å². The van der Waals surface area contributed by atoms with Crippen molar-refractivity contribution in [3.63, 3.8) is 0 Å². The van der Waals surface area contributed by atoms with Crippen LogP contribution >= 0.6 is 0 Å². The molecule has 0 aliphatic heterocycles. The number of nitrogen functional groups attached to an aromatic ring is 1. The highest BCUT2D eigenvalue weighted by molar-refractivity contribution is 5.78. The van der Waals surface area contributed by atoms with Crippen molar-refractivity contribution in [1.29, 1.82) is 5.26 Å². The van der Waals surface area contributed by atoms with Gasteiger partial charge in [-0.15, -0.1) is 0 Å². The average molecular weight is 247 g/mol. The molecule has 0 bridgehead atoms. The van der Waals surface area contributed by atoms with Crippen LogP contribution in [0.5, 0.6) is 0 Å². The van der Waals surface area contributed by atoms with E-state index in [0.717, 1.165) is 0 Å². The number of nitrogens with zero attached hydrogens (tertiary/aromatic N) is 2. The zero-order valence-electron chi connectivity index (χ0n) is 10.8. The van der Waals surface area contributed by atoms with Gasteiger partial charge in [0.1, 0.15) is 6.54 Å². The van der Waals surface area contributed by atoms with Crippen LogP contribution in [0.15, 0.2) is 18.2 Å². The minimum absolute atomic E-state index is 0.164. The van der Waals surface area contributed by atoms with Gasteiger partial charge in [-0.1, -0.05) is 0 Å². The number of nitrogens with two attached hydrogens (primary N) is 1. The third-order valence-corrected chi connectivity index (χ3v) is 2.55. The molecule has 1 rings (SSSR count). The number of nitriles is 1. The maximum absolute atomic E-state index is 10.9. The molecule has 0 fully saturated rings. The summed E-state index contributed by atoms with van der Waals surface area (Å²) in [5.41, 5.74) is 6.96. The van der Waals surface area contributed by atoms with Gasteiger partial charge in [0.2, 0.25) is 0 Å². The van der Waals surface area contributed by atoms with Gasteiger partial charge in [0.15, 0.2) is 0 Å². The lowest BCUT2D eigenvalue weighted by molar-refractivity contribution is -0.135. The van der Waals surface area contributed by atoms with Crippen molar-refractivity contribution in [2.24, 2.45) is 0 Å². The fourth-order valence-electron chi connectivity index (χ4n) is 1.67. The number of hydrogen-bond acceptors (Lipinski definition) is 4. The molecule has 0 saturated carbocycles. The van der Waals surface area contributed by atoms with Gasteiger partial charge in [-0.3, -0.25) is 4.79 Å². The fraction of sp³-hybridized carbons (Fsp3) is 0.385. The van der Waals surface area contributed by atoms with Crippen molar-refractivity contribution < 1.29 is 9.90 Å². The van der Waals surface area contributed by atoms with Crippen LogP contribution in [0.1, 0.15) is 26.3 Å². The number of benzene rings is 1. The second-order valence-corrected chi connectivity index (χ2v) is 5.04. The van der Waals surface area contributed by atoms with Crippen LogP contribution in [0, 0.1) is 11.3 Å². The minimum atomic E-state index is -0.938. The summed E-state index contributed by atoms with van der Waals surface area (Å²) in [6, 6.07) is 6.87. The third kappa shape index (κ3) is 3.14. The topological polar surface area (TPSA) is 90.4 Å². The molecule has 0 aliphatic rings. The Bertz CT molecular complexity index is 498. The lowest BCUT2D eigenvalue weighted by Gasteiger charge is -2.37. The Morgan fingerprint density at radius 3 is 2.56 bits per heavy atom. The Morgan fingerprint density at radius 1 is 1.50 bits per heavy atom. The zero-order valence-corrected chi connectivity index (χ0v) is 10.8. The molecule has 96 valence electrons. The highest BCUT2D eigenvalue weighted by Crippen LogP contribution is 2.30. The van der Waals surface area contributed by atoms with Gasteiger partial charge in [-0.2, -0.15) is 5.26 Å². The van der Waals surface area contributed by atoms with E-state index in [4.69, 9.17) is 16.1 Å². The Balaban J connectivity index is 3.29. The van der Waals surface area contributed by atoms with Crippen LogP contribution in [0.4, 0.5) is 11.4 Å². The third-order valence-electron chi connectivity index (χ3n) is 2.55. The van der Waals surface area contributed by atoms with Gasteiger partial charge < -0.3 is 15.7 Å². The molecule has 5 nitrogen and oxygen atoms in total. The van der Waals surface area contributed by atoms with E-state index in [-0.39, 0.29) is 6.54 Å². The second-order valence-electron chi connectivity index (χ2n) is 5.04. The van der Waals surface area contributed by atoms with E-state index in [1.165, 1.54) is 0 Å². The normalized spacial score (nSPS) is 10.8. The molecule has 0 radical (unpaired) electrons. The van der Waals surface area contributed by atoms with Crippen LogP contribution in [-0.4, -0.2) is 23.2 Å². The predicted molar refractivity (Wildman–Crippen MR) is 70.3 cm³/mol. The standard InChI is InChI=1S/C13H17N3O2/c1-13(2,3)16(8-12(17)18)11-6-9(7-14)4-5-10(11)15/h4-6H,8,15H2,1-3H3,(H,17,18). The van der Waals surface area contributed by atoms with Gasteiger partial charge in [-0.05, 0) is 39.0 Å². The molecule has 5 heteroatoms. The van der Waals surface area contributed by atoms with E-state index in [9.17, 15) is 4.79 Å². The SMILES string of the molecule is CC(C)(C)N(CC(=O)O)c1cc(C#N)ccc1N. The lowest BCUT2D eigenvalue weighted by Crippen LogP contribution is -2.45. The van der Waals surface area contributed by atoms with E-state index in [0.29, 0.717) is 16.9 Å². The highest BCUT2D eigenvalue weighted by Gasteiger charge is 2.25. The number of aliphatic carboxylic acids is 1. The Kier molecular flexibility index (Phi) is 3.82. The van der Waals surface area contributed by atoms with Crippen LogP contribution in [-0.2, 0) is 4.79 Å². The molecule has 1 aromatic rings. The molecule has 3 N–H and O–H groups in total. The first kappa shape index (κ1) is 13.8. The summed E-state index contributed by atoms with van der Waals surface area (Å²) in [6.45, 7) is 5.53. The highest BCUT2D eigenvalue weighted by atomic mass is 16.4. The average Bonchev–Trinajstić information content (AvgIpc) is 2.25. The Hall–Kier alpha value is -2.22. The molecular formula is C13H17N3O2. The fourth-order valence-corrected chi connectivity index (χ4v) is 1.67. The number of carbonyl (C=O) groups is 1. The molecule has 0 aromatic heterocycles. The first-order valence-electron chi connectivity index (χ1n) is 5.55. The summed E-state index contributed by atoms with van der Waals surface area (Å²) in [7, 11) is 0. The summed E-state index contributed by atoms with van der Waals surface area (Å²) < 4.78 is 0. The molecule has 0 saturated heterocycles. The van der Waals surface area contributed by atoms with Crippen molar-refractivity contribution in [3.8, 4) is 6.07 Å². The predicted octanol–water partition coefficient (Wildman–Crippen LogP) is 1.83. The summed E-state index contributed by atoms with van der Waals surface area (Å²) in [4.78, 5) is 12.6. The van der Waals surface area contributed by atoms with Crippen molar-refractivity contribution in [3.05, 3.63) is 23.8 Å². The van der Waals surface area contributed by atoms with Gasteiger partial charge >= 0.3 is 5.97 Å². The van der Waals surface area contributed by atoms with Crippen LogP contribution in [0.25, 0.3) is 0 Å². The summed E-state index contributed by atoms with van der Waals surface area (Å²) in [6.07, 6.45) is 0. The molecule has 0 amide bonds. The largest absolute Gasteiger partial charge is 0.480 e. The molecule has 0 unspecified atom stereocenters. The minimum Gasteiger partial charge on any atom is -0.480 e. The number of hydrogen-bond donors (Lipinski definition) is 2. The van der Waals surface area contributed by atoms with E-state index in [1.807, 2.05) is 26.8 Å². The second kappa shape index (κ2) is 4.96. The molecule has 1 aromatic carbocycles. The van der Waals surface area contributed by atoms with Crippen LogP contribution in [0.2, 0.25) is 0 Å². The monoisotopic (exact) mass is 247 g/mol. The van der Waals surface area contributed by atoms with Crippen molar-refractivity contribution in [1.82, 2.24) is 0 Å². The number of carboxylic acids is 1. The first-order valence-corrected chi connectivity index (χ1v) is 5.55. The summed E-state index contributed by atoms with van der Waals surface area (Å²) in [5.74, 6) is -0.938. The Labute approximate surface area is 106 Å².